The third-order valence-electron chi connectivity index (χ3n) is 3.19. The first-order chi connectivity index (χ1) is 10.3. The molecule has 0 saturated carbocycles. The van der Waals surface area contributed by atoms with Gasteiger partial charge in [0.2, 0.25) is 0 Å². The Kier molecular flexibility index (Phi) is 3.19. The lowest BCUT2D eigenvalue weighted by Gasteiger charge is -2.11. The molecule has 1 aromatic carbocycles. The molecule has 0 aliphatic heterocycles. The zero-order valence-electron chi connectivity index (χ0n) is 11.2. The molecular weight excluding hydrogens is 270 g/mol. The van der Waals surface area contributed by atoms with Gasteiger partial charge in [0.1, 0.15) is 17.0 Å². The molecule has 0 amide bonds. The number of ether oxygens (including phenoxy) is 1. The van der Waals surface area contributed by atoms with Gasteiger partial charge in [0.05, 0.1) is 12.7 Å². The normalized spacial score (nSPS) is 10.5. The summed E-state index contributed by atoms with van der Waals surface area (Å²) in [7, 11) is 1.51. The second kappa shape index (κ2) is 5.16. The Morgan fingerprint density at radius 2 is 2.10 bits per heavy atom. The molecule has 0 saturated heterocycles. The first kappa shape index (κ1) is 13.0. The molecule has 1 N–H and O–H groups in total. The molecular formula is C15H11N3O3. The summed E-state index contributed by atoms with van der Waals surface area (Å²) in [6.07, 6.45) is 2.26. The first-order valence-corrected chi connectivity index (χ1v) is 6.22. The fourth-order valence-corrected chi connectivity index (χ4v) is 2.26. The van der Waals surface area contributed by atoms with Crippen LogP contribution in [0.2, 0.25) is 0 Å². The summed E-state index contributed by atoms with van der Waals surface area (Å²) in [5, 5.41) is 7.05. The van der Waals surface area contributed by atoms with Crippen molar-refractivity contribution in [3.8, 4) is 17.0 Å². The van der Waals surface area contributed by atoms with E-state index >= 15 is 0 Å². The molecule has 3 rings (SSSR count). The molecule has 0 spiro atoms. The lowest BCUT2D eigenvalue weighted by molar-refractivity contribution is 0.112. The Morgan fingerprint density at radius 3 is 2.86 bits per heavy atom. The number of pyridine rings is 1. The van der Waals surface area contributed by atoms with Crippen LogP contribution in [0, 0.1) is 0 Å². The molecule has 3 aromatic rings. The van der Waals surface area contributed by atoms with Crippen LogP contribution < -0.4 is 10.3 Å². The van der Waals surface area contributed by atoms with Crippen LogP contribution in [0.5, 0.6) is 5.75 Å². The van der Waals surface area contributed by atoms with Gasteiger partial charge in [-0.15, -0.1) is 0 Å². The highest BCUT2D eigenvalue weighted by atomic mass is 16.5. The lowest BCUT2D eigenvalue weighted by atomic mass is 10.0. The van der Waals surface area contributed by atoms with Crippen LogP contribution in [-0.2, 0) is 0 Å². The number of aromatic amines is 1. The number of carbonyl (C=O) groups excluding carboxylic acids is 1. The van der Waals surface area contributed by atoms with Gasteiger partial charge in [-0.3, -0.25) is 14.6 Å². The van der Waals surface area contributed by atoms with Gasteiger partial charge in [-0.05, 0) is 18.2 Å². The van der Waals surface area contributed by atoms with Crippen molar-refractivity contribution in [3.05, 3.63) is 52.4 Å². The summed E-state index contributed by atoms with van der Waals surface area (Å²) >= 11 is 0. The molecule has 0 atom stereocenters. The van der Waals surface area contributed by atoms with Crippen LogP contribution in [0.25, 0.3) is 22.2 Å². The summed E-state index contributed by atoms with van der Waals surface area (Å²) < 4.78 is 5.31. The Morgan fingerprint density at radius 1 is 1.24 bits per heavy atom. The van der Waals surface area contributed by atoms with Gasteiger partial charge in [-0.2, -0.15) is 5.10 Å². The highest BCUT2D eigenvalue weighted by molar-refractivity contribution is 5.99. The SMILES string of the molecule is COc1cccc(C=O)c1-c1n[nH]c(=O)c2ncccc12. The molecule has 0 aliphatic rings. The zero-order chi connectivity index (χ0) is 14.8. The molecule has 0 bridgehead atoms. The minimum absolute atomic E-state index is 0.269. The first-order valence-electron chi connectivity index (χ1n) is 6.22. The Bertz CT molecular complexity index is 887. The molecule has 2 heterocycles. The number of rotatable bonds is 3. The number of carbonyl (C=O) groups is 1. The molecule has 6 nitrogen and oxygen atoms in total. The number of H-pyrrole nitrogens is 1. The van der Waals surface area contributed by atoms with Crippen LogP contribution in [0.15, 0.2) is 41.3 Å². The third-order valence-corrected chi connectivity index (χ3v) is 3.19. The largest absolute Gasteiger partial charge is 0.496 e. The van der Waals surface area contributed by atoms with Gasteiger partial charge < -0.3 is 4.74 Å². The maximum absolute atomic E-state index is 11.8. The molecule has 2 aromatic heterocycles. The fourth-order valence-electron chi connectivity index (χ4n) is 2.26. The Balaban J connectivity index is 2.44. The van der Waals surface area contributed by atoms with E-state index in [1.54, 1.807) is 30.3 Å². The Hall–Kier alpha value is -3.02. The van der Waals surface area contributed by atoms with Crippen molar-refractivity contribution < 1.29 is 9.53 Å². The van der Waals surface area contributed by atoms with Crippen molar-refractivity contribution in [2.24, 2.45) is 0 Å². The van der Waals surface area contributed by atoms with Crippen LogP contribution >= 0.6 is 0 Å². The van der Waals surface area contributed by atoms with Gasteiger partial charge in [0.25, 0.3) is 5.56 Å². The molecule has 0 radical (unpaired) electrons. The number of benzene rings is 1. The quantitative estimate of drug-likeness (QED) is 0.740. The molecule has 0 unspecified atom stereocenters. The number of methoxy groups -OCH3 is 1. The molecule has 6 heteroatoms. The van der Waals surface area contributed by atoms with E-state index in [1.165, 1.54) is 13.3 Å². The van der Waals surface area contributed by atoms with Crippen LogP contribution in [0.3, 0.4) is 0 Å². The minimum Gasteiger partial charge on any atom is -0.496 e. The van der Waals surface area contributed by atoms with Gasteiger partial charge >= 0.3 is 0 Å². The highest BCUT2D eigenvalue weighted by Gasteiger charge is 2.17. The van der Waals surface area contributed by atoms with E-state index in [1.807, 2.05) is 0 Å². The number of fused-ring (bicyclic) bond motifs is 1. The van der Waals surface area contributed by atoms with E-state index < -0.39 is 0 Å². The van der Waals surface area contributed by atoms with E-state index in [-0.39, 0.29) is 11.1 Å². The summed E-state index contributed by atoms with van der Waals surface area (Å²) in [5.41, 5.74) is 1.31. The maximum atomic E-state index is 11.8. The number of nitrogens with zero attached hydrogens (tertiary/aromatic N) is 2. The van der Waals surface area contributed by atoms with Crippen molar-refractivity contribution in [1.29, 1.82) is 0 Å². The number of hydrogen-bond donors (Lipinski definition) is 1. The van der Waals surface area contributed by atoms with Gasteiger partial charge in [0, 0.05) is 17.1 Å². The van der Waals surface area contributed by atoms with Crippen molar-refractivity contribution in [2.75, 3.05) is 7.11 Å². The topological polar surface area (TPSA) is 84.9 Å². The monoisotopic (exact) mass is 281 g/mol. The standard InChI is InChI=1S/C15H11N3O3/c1-21-11-6-2-4-9(8-19)12(11)13-10-5-3-7-16-14(10)15(20)18-17-13/h2-8H,1H3,(H,18,20). The second-order valence-electron chi connectivity index (χ2n) is 4.34. The van der Waals surface area contributed by atoms with Gasteiger partial charge in [0.15, 0.2) is 6.29 Å². The van der Waals surface area contributed by atoms with Crippen molar-refractivity contribution in [1.82, 2.24) is 15.2 Å². The predicted octanol–water partition coefficient (Wildman–Crippen LogP) is 1.81. The number of nitrogens with one attached hydrogen (secondary N) is 1. The lowest BCUT2D eigenvalue weighted by Crippen LogP contribution is -2.11. The molecule has 0 fully saturated rings. The number of aldehydes is 1. The van der Waals surface area contributed by atoms with E-state index in [2.05, 4.69) is 15.2 Å². The number of hydrogen-bond acceptors (Lipinski definition) is 5. The number of aromatic nitrogens is 3. The van der Waals surface area contributed by atoms with E-state index in [0.29, 0.717) is 28.0 Å². The highest BCUT2D eigenvalue weighted by Crippen LogP contribution is 2.34. The fraction of sp³-hybridized carbons (Fsp3) is 0.0667. The van der Waals surface area contributed by atoms with Crippen molar-refractivity contribution >= 4 is 17.2 Å². The van der Waals surface area contributed by atoms with Crippen LogP contribution in [0.1, 0.15) is 10.4 Å². The summed E-state index contributed by atoms with van der Waals surface area (Å²) in [6.45, 7) is 0. The predicted molar refractivity (Wildman–Crippen MR) is 77.5 cm³/mol. The van der Waals surface area contributed by atoms with Crippen LogP contribution in [-0.4, -0.2) is 28.6 Å². The van der Waals surface area contributed by atoms with Crippen molar-refractivity contribution in [3.63, 3.8) is 0 Å². The van der Waals surface area contributed by atoms with Gasteiger partial charge in [-0.1, -0.05) is 12.1 Å². The second-order valence-corrected chi connectivity index (χ2v) is 4.34. The van der Waals surface area contributed by atoms with Crippen molar-refractivity contribution in [2.45, 2.75) is 0 Å². The molecule has 21 heavy (non-hydrogen) atoms. The van der Waals surface area contributed by atoms with E-state index in [4.69, 9.17) is 4.74 Å². The average molecular weight is 281 g/mol. The third kappa shape index (κ3) is 2.06. The molecule has 0 aliphatic carbocycles. The molecule has 104 valence electrons. The summed E-state index contributed by atoms with van der Waals surface area (Å²) in [6, 6.07) is 8.57. The van der Waals surface area contributed by atoms with E-state index in [0.717, 1.165) is 6.29 Å². The summed E-state index contributed by atoms with van der Waals surface area (Å²) in [4.78, 5) is 27.2. The van der Waals surface area contributed by atoms with E-state index in [9.17, 15) is 9.59 Å². The average Bonchev–Trinajstić information content (AvgIpc) is 2.55. The smallest absolute Gasteiger partial charge is 0.290 e. The maximum Gasteiger partial charge on any atom is 0.290 e. The zero-order valence-corrected chi connectivity index (χ0v) is 11.2. The van der Waals surface area contributed by atoms with Gasteiger partial charge in [-0.25, -0.2) is 5.10 Å². The minimum atomic E-state index is -0.378. The van der Waals surface area contributed by atoms with Crippen LogP contribution in [0.4, 0.5) is 0 Å². The Labute approximate surface area is 119 Å². The summed E-state index contributed by atoms with van der Waals surface area (Å²) in [5.74, 6) is 0.504.